The monoisotopic (exact) mass is 287 g/mol. The van der Waals surface area contributed by atoms with Gasteiger partial charge in [-0.05, 0) is 26.7 Å². The third kappa shape index (κ3) is 2.75. The summed E-state index contributed by atoms with van der Waals surface area (Å²) < 4.78 is 26.2. The second kappa shape index (κ2) is 5.10. The second-order valence-corrected chi connectivity index (χ2v) is 6.75. The number of hydrogen-bond acceptors (Lipinski definition) is 5. The highest BCUT2D eigenvalue weighted by atomic mass is 32.2. The highest BCUT2D eigenvalue weighted by molar-refractivity contribution is 7.89. The lowest BCUT2D eigenvalue weighted by atomic mass is 10.0. The van der Waals surface area contributed by atoms with E-state index in [-0.39, 0.29) is 22.9 Å². The standard InChI is InChI=1S/C11H21N5O2S/c1-8-5-4-6-9(2)16(8)14-19(17,18)11-10(12)13-7-15(11)3/h7-9,14H,4-6,12H2,1-3H3. The van der Waals surface area contributed by atoms with E-state index in [0.29, 0.717) is 0 Å². The zero-order valence-electron chi connectivity index (χ0n) is 11.5. The van der Waals surface area contributed by atoms with Gasteiger partial charge in [0.2, 0.25) is 0 Å². The van der Waals surface area contributed by atoms with E-state index in [1.54, 1.807) is 12.1 Å². The molecular formula is C11H21N5O2S. The average molecular weight is 287 g/mol. The van der Waals surface area contributed by atoms with Crippen molar-refractivity contribution in [2.45, 2.75) is 50.2 Å². The molecule has 3 N–H and O–H groups in total. The largest absolute Gasteiger partial charge is 0.381 e. The van der Waals surface area contributed by atoms with Crippen LogP contribution in [0.15, 0.2) is 11.4 Å². The maximum Gasteiger partial charge on any atom is 0.272 e. The predicted octanol–water partition coefficient (Wildman–Crippen LogP) is 0.459. The molecule has 0 amide bonds. The molecule has 2 atom stereocenters. The van der Waals surface area contributed by atoms with Gasteiger partial charge >= 0.3 is 0 Å². The maximum atomic E-state index is 12.4. The van der Waals surface area contributed by atoms with Crippen LogP contribution < -0.4 is 10.6 Å². The lowest BCUT2D eigenvalue weighted by Gasteiger charge is -2.38. The fourth-order valence-electron chi connectivity index (χ4n) is 2.55. The molecule has 1 aromatic heterocycles. The van der Waals surface area contributed by atoms with E-state index in [9.17, 15) is 8.42 Å². The summed E-state index contributed by atoms with van der Waals surface area (Å²) in [6.07, 6.45) is 4.48. The predicted molar refractivity (Wildman–Crippen MR) is 72.6 cm³/mol. The fraction of sp³-hybridized carbons (Fsp3) is 0.727. The molecule has 7 nitrogen and oxygen atoms in total. The Morgan fingerprint density at radius 2 is 1.95 bits per heavy atom. The second-order valence-electron chi connectivity index (χ2n) is 5.18. The number of piperidine rings is 1. The molecule has 8 heteroatoms. The molecular weight excluding hydrogens is 266 g/mol. The number of nitrogens with two attached hydrogens (primary N) is 1. The summed E-state index contributed by atoms with van der Waals surface area (Å²) in [5.41, 5.74) is 5.63. The van der Waals surface area contributed by atoms with Crippen molar-refractivity contribution in [3.05, 3.63) is 6.33 Å². The van der Waals surface area contributed by atoms with Crippen molar-refractivity contribution in [3.8, 4) is 0 Å². The molecule has 1 aromatic rings. The summed E-state index contributed by atoms with van der Waals surface area (Å²) in [7, 11) is -2.08. The molecule has 1 aliphatic heterocycles. The number of hydrazine groups is 1. The molecule has 1 saturated heterocycles. The van der Waals surface area contributed by atoms with Gasteiger partial charge in [-0.2, -0.15) is 0 Å². The van der Waals surface area contributed by atoms with Gasteiger partial charge in [0.05, 0.1) is 6.33 Å². The quantitative estimate of drug-likeness (QED) is 0.842. The van der Waals surface area contributed by atoms with Gasteiger partial charge in [-0.3, -0.25) is 0 Å². The summed E-state index contributed by atoms with van der Waals surface area (Å²) in [6.45, 7) is 4.04. The first-order valence-electron chi connectivity index (χ1n) is 6.40. The maximum absolute atomic E-state index is 12.4. The Hall–Kier alpha value is -1.12. The Balaban J connectivity index is 2.26. The van der Waals surface area contributed by atoms with Gasteiger partial charge in [0.15, 0.2) is 10.8 Å². The van der Waals surface area contributed by atoms with Crippen LogP contribution in [-0.4, -0.2) is 35.1 Å². The van der Waals surface area contributed by atoms with Gasteiger partial charge < -0.3 is 10.3 Å². The van der Waals surface area contributed by atoms with Crippen molar-refractivity contribution in [1.29, 1.82) is 0 Å². The first-order valence-corrected chi connectivity index (χ1v) is 7.89. The first-order chi connectivity index (χ1) is 8.83. The number of sulfonamides is 1. The Labute approximate surface area is 113 Å². The molecule has 108 valence electrons. The Bertz CT molecular complexity index is 524. The third-order valence-electron chi connectivity index (χ3n) is 3.58. The smallest absolute Gasteiger partial charge is 0.272 e. The summed E-state index contributed by atoms with van der Waals surface area (Å²) in [5.74, 6) is 0.0207. The van der Waals surface area contributed by atoms with Crippen LogP contribution in [0.2, 0.25) is 0 Å². The highest BCUT2D eigenvalue weighted by Gasteiger charge is 2.31. The van der Waals surface area contributed by atoms with Gasteiger partial charge in [0.25, 0.3) is 10.0 Å². The number of aromatic nitrogens is 2. The topological polar surface area (TPSA) is 93.2 Å². The van der Waals surface area contributed by atoms with E-state index in [2.05, 4.69) is 9.82 Å². The minimum atomic E-state index is -3.69. The Morgan fingerprint density at radius 3 is 2.42 bits per heavy atom. The number of anilines is 1. The molecule has 2 heterocycles. The lowest BCUT2D eigenvalue weighted by molar-refractivity contribution is 0.0789. The van der Waals surface area contributed by atoms with Crippen molar-refractivity contribution < 1.29 is 8.42 Å². The molecule has 0 spiro atoms. The van der Waals surface area contributed by atoms with Crippen LogP contribution in [0.5, 0.6) is 0 Å². The zero-order valence-corrected chi connectivity index (χ0v) is 12.3. The highest BCUT2D eigenvalue weighted by Crippen LogP contribution is 2.23. The molecule has 0 bridgehead atoms. The third-order valence-corrected chi connectivity index (χ3v) is 5.04. The molecule has 2 unspecified atom stereocenters. The molecule has 2 rings (SSSR count). The van der Waals surface area contributed by atoms with Gasteiger partial charge in [-0.15, -0.1) is 4.83 Å². The Morgan fingerprint density at radius 1 is 1.37 bits per heavy atom. The van der Waals surface area contributed by atoms with E-state index in [1.165, 1.54) is 10.9 Å². The number of nitrogen functional groups attached to an aromatic ring is 1. The molecule has 19 heavy (non-hydrogen) atoms. The van der Waals surface area contributed by atoms with Crippen molar-refractivity contribution >= 4 is 15.8 Å². The van der Waals surface area contributed by atoms with E-state index >= 15 is 0 Å². The zero-order chi connectivity index (χ0) is 14.2. The molecule has 0 radical (unpaired) electrons. The normalized spacial score (nSPS) is 25.6. The van der Waals surface area contributed by atoms with Crippen molar-refractivity contribution in [1.82, 2.24) is 19.4 Å². The van der Waals surface area contributed by atoms with Crippen LogP contribution in [0.1, 0.15) is 33.1 Å². The minimum Gasteiger partial charge on any atom is -0.381 e. The number of imidazole rings is 1. The lowest BCUT2D eigenvalue weighted by Crippen LogP contribution is -2.54. The van der Waals surface area contributed by atoms with E-state index in [1.807, 2.05) is 13.8 Å². The van der Waals surface area contributed by atoms with Gasteiger partial charge in [0.1, 0.15) is 0 Å². The molecule has 0 aliphatic carbocycles. The van der Waals surface area contributed by atoms with Gasteiger partial charge in [0, 0.05) is 19.1 Å². The molecule has 1 aliphatic rings. The average Bonchev–Trinajstić information content (AvgIpc) is 2.64. The van der Waals surface area contributed by atoms with E-state index in [4.69, 9.17) is 5.73 Å². The van der Waals surface area contributed by atoms with Crippen molar-refractivity contribution in [2.24, 2.45) is 7.05 Å². The fourth-order valence-corrected chi connectivity index (χ4v) is 4.03. The van der Waals surface area contributed by atoms with Crippen LogP contribution in [0.3, 0.4) is 0 Å². The summed E-state index contributed by atoms with van der Waals surface area (Å²) >= 11 is 0. The van der Waals surface area contributed by atoms with Crippen LogP contribution in [-0.2, 0) is 17.1 Å². The van der Waals surface area contributed by atoms with Crippen LogP contribution >= 0.6 is 0 Å². The van der Waals surface area contributed by atoms with Gasteiger partial charge in [-0.25, -0.2) is 18.4 Å². The minimum absolute atomic E-state index is 0.0115. The number of aryl methyl sites for hydroxylation is 1. The van der Waals surface area contributed by atoms with Crippen LogP contribution in [0, 0.1) is 0 Å². The van der Waals surface area contributed by atoms with Gasteiger partial charge in [-0.1, -0.05) is 6.42 Å². The number of nitrogens with zero attached hydrogens (tertiary/aromatic N) is 3. The SMILES string of the molecule is CC1CCCC(C)N1NS(=O)(=O)c1c(N)ncn1C. The number of rotatable bonds is 3. The summed E-state index contributed by atoms with van der Waals surface area (Å²) in [6, 6.07) is 0.348. The number of nitrogens with one attached hydrogen (secondary N) is 1. The molecule has 0 aromatic carbocycles. The summed E-state index contributed by atoms with van der Waals surface area (Å²) in [5, 5.41) is 1.81. The molecule has 1 fully saturated rings. The number of hydrogen-bond donors (Lipinski definition) is 2. The van der Waals surface area contributed by atoms with Crippen LogP contribution in [0.25, 0.3) is 0 Å². The van der Waals surface area contributed by atoms with Crippen molar-refractivity contribution in [3.63, 3.8) is 0 Å². The molecule has 0 saturated carbocycles. The van der Waals surface area contributed by atoms with Crippen molar-refractivity contribution in [2.75, 3.05) is 5.73 Å². The summed E-state index contributed by atoms with van der Waals surface area (Å²) in [4.78, 5) is 6.46. The Kier molecular flexibility index (Phi) is 3.84. The van der Waals surface area contributed by atoms with E-state index < -0.39 is 10.0 Å². The first kappa shape index (κ1) is 14.3. The van der Waals surface area contributed by atoms with Crippen LogP contribution in [0.4, 0.5) is 5.82 Å². The van der Waals surface area contributed by atoms with E-state index in [0.717, 1.165) is 19.3 Å².